The van der Waals surface area contributed by atoms with Crippen molar-refractivity contribution in [2.75, 3.05) is 43.4 Å². The number of hydrogen-bond donors (Lipinski definition) is 5. The van der Waals surface area contributed by atoms with Crippen LogP contribution in [0, 0.1) is 0 Å². The normalized spacial score (nSPS) is 16.5. The van der Waals surface area contributed by atoms with E-state index in [2.05, 4.69) is 71.4 Å². The number of β-amino-alcohol motifs (C(OH)–C–C–N with tert-alkyl or cyclic N) is 2. The van der Waals surface area contributed by atoms with Gasteiger partial charge in [0.15, 0.2) is 11.6 Å². The van der Waals surface area contributed by atoms with E-state index in [1.54, 1.807) is 47.8 Å². The van der Waals surface area contributed by atoms with Gasteiger partial charge in [-0.25, -0.2) is 14.6 Å². The predicted molar refractivity (Wildman–Crippen MR) is 315 cm³/mol. The van der Waals surface area contributed by atoms with Crippen LogP contribution in [0.5, 0.6) is 11.5 Å². The second-order valence-corrected chi connectivity index (χ2v) is 29.4. The molecule has 4 aromatic heterocycles. The van der Waals surface area contributed by atoms with E-state index < -0.39 is 20.3 Å². The van der Waals surface area contributed by atoms with Crippen molar-refractivity contribution in [3.8, 4) is 11.5 Å². The van der Waals surface area contributed by atoms with Gasteiger partial charge in [0.1, 0.15) is 43.1 Å². The lowest BCUT2D eigenvalue weighted by Gasteiger charge is -2.31. The molecule has 10 rings (SSSR count). The number of ketones is 2. The molecular weight excluding hydrogens is 1070 g/mol. The van der Waals surface area contributed by atoms with Crippen LogP contribution < -0.4 is 20.1 Å². The quantitative estimate of drug-likeness (QED) is 0.0185. The van der Waals surface area contributed by atoms with Crippen LogP contribution in [-0.2, 0) is 50.6 Å². The lowest BCUT2D eigenvalue weighted by Crippen LogP contribution is -2.37. The Labute approximate surface area is 481 Å². The van der Waals surface area contributed by atoms with E-state index in [1.807, 2.05) is 36.5 Å². The molecule has 17 nitrogen and oxygen atoms in total. The summed E-state index contributed by atoms with van der Waals surface area (Å²) < 4.78 is 19.5. The van der Waals surface area contributed by atoms with E-state index in [0.717, 1.165) is 109 Å². The lowest BCUT2D eigenvalue weighted by atomic mass is 9.93. The minimum Gasteiger partial charge on any atom is -0.487 e. The number of Topliss-reactive ketones (excluding diaryl/α,β-unsaturated/α-hetero) is 2. The molecule has 2 atom stereocenters. The Morgan fingerprint density at radius 1 is 0.738 bits per heavy atom. The number of H-pyrrole nitrogens is 1. The maximum atomic E-state index is 12.8. The summed E-state index contributed by atoms with van der Waals surface area (Å²) in [5.74, 6) is 2.91. The van der Waals surface area contributed by atoms with Crippen molar-refractivity contribution in [1.29, 1.82) is 0 Å². The zero-order chi connectivity index (χ0) is 56.0. The number of nitrogens with zero attached hydrogens (tertiary/aromatic N) is 7. The van der Waals surface area contributed by atoms with E-state index in [9.17, 15) is 19.8 Å². The molecule has 6 aromatic rings. The molecule has 0 amide bonds. The minimum atomic E-state index is -1.11. The molecule has 2 saturated carbocycles. The lowest BCUT2D eigenvalue weighted by molar-refractivity contribution is 0.0784. The number of aliphatic hydroxyl groups is 2. The van der Waals surface area contributed by atoms with Gasteiger partial charge >= 0.3 is 0 Å². The molecule has 0 bridgehead atoms. The Morgan fingerprint density at radius 3 is 1.74 bits per heavy atom. The van der Waals surface area contributed by atoms with Crippen LogP contribution in [0.4, 0.5) is 11.6 Å². The van der Waals surface area contributed by atoms with Crippen molar-refractivity contribution in [3.63, 3.8) is 0 Å². The first-order valence-electron chi connectivity index (χ1n) is 28.4. The second-order valence-electron chi connectivity index (χ2n) is 23.1. The first-order chi connectivity index (χ1) is 38.7. The maximum Gasteiger partial charge on any atom is 0.163 e. The van der Waals surface area contributed by atoms with Crippen molar-refractivity contribution in [1.82, 2.24) is 39.7 Å². The molecule has 20 heteroatoms. The van der Waals surface area contributed by atoms with E-state index >= 15 is 0 Å². The number of ether oxygens (including phenoxy) is 3. The first kappa shape index (κ1) is 58.9. The van der Waals surface area contributed by atoms with Crippen molar-refractivity contribution < 1.29 is 34.0 Å². The monoisotopic (exact) mass is 1150 g/mol. The summed E-state index contributed by atoms with van der Waals surface area (Å²) in [6, 6.07) is 17.2. The van der Waals surface area contributed by atoms with Gasteiger partial charge in [0.2, 0.25) is 0 Å². The van der Waals surface area contributed by atoms with Crippen LogP contribution in [0.15, 0.2) is 85.7 Å². The van der Waals surface area contributed by atoms with E-state index in [1.165, 1.54) is 12.8 Å². The molecule has 0 saturated heterocycles. The van der Waals surface area contributed by atoms with Gasteiger partial charge in [-0.1, -0.05) is 55.0 Å². The van der Waals surface area contributed by atoms with Gasteiger partial charge in [0.05, 0.1) is 34.6 Å². The number of halogens is 2. The van der Waals surface area contributed by atoms with Gasteiger partial charge in [-0.2, -0.15) is 10.2 Å². The van der Waals surface area contributed by atoms with Gasteiger partial charge in [-0.3, -0.25) is 24.5 Å². The fraction of sp³-hybridized carbons (Fsp3) is 0.500. The van der Waals surface area contributed by atoms with Gasteiger partial charge in [0.25, 0.3) is 0 Å². The molecule has 80 heavy (non-hydrogen) atoms. The van der Waals surface area contributed by atoms with Crippen LogP contribution in [0.1, 0.15) is 118 Å². The number of carbonyl (C=O) groups excluding carboxylic acids is 2. The molecule has 2 aliphatic carbocycles. The van der Waals surface area contributed by atoms with Gasteiger partial charge < -0.3 is 35.1 Å². The van der Waals surface area contributed by atoms with E-state index in [4.69, 9.17) is 37.4 Å². The van der Waals surface area contributed by atoms with Crippen LogP contribution in [0.3, 0.4) is 0 Å². The summed E-state index contributed by atoms with van der Waals surface area (Å²) in [5, 5.41) is 40.6. The number of fused-ring (bicyclic) bond motifs is 2. The number of aromatic nitrogens is 6. The average molecular weight is 1150 g/mol. The molecule has 4 aliphatic rings. The third-order valence-corrected chi connectivity index (χ3v) is 18.0. The Morgan fingerprint density at radius 2 is 1.26 bits per heavy atom. The third kappa shape index (κ3) is 17.2. The number of carbonyl (C=O) groups is 2. The largest absolute Gasteiger partial charge is 0.487 e. The van der Waals surface area contributed by atoms with Gasteiger partial charge in [-0.15, -0.1) is 0 Å². The van der Waals surface area contributed by atoms with E-state index in [-0.39, 0.29) is 11.6 Å². The number of rotatable bonds is 27. The summed E-state index contributed by atoms with van der Waals surface area (Å²) in [4.78, 5) is 38.6. The standard InChI is InChI=1S/C33H46ClN5O4Si.C27H32ClN5O3/c1-44(2,3)16-15-42-23-39-19-24(18-36-39)22-43-31-10-7-26-20-38(14-12-29(26)33(31)34)21-28(40)8-9-30(41)25-11-13-35-32(17-25)37-27-5-4-6-27;28-27-23-9-11-33(15-20(23)4-7-25(27)36-17-18-13-30-31-14-18)16-22(34)5-6-24(35)19-8-10-29-26(12-19)32-21-2-1-3-21/h7,10-11,13,17-19,27-28,40H,4-6,8-9,12,14-16,20-23H2,1-3H3,(H,35,37);4,7-8,10,12-14,21-22,34H,1-3,5-6,9,11,15-17H2,(H,29,32)(H,30,31)/t28-;22-/m00/s1. The summed E-state index contributed by atoms with van der Waals surface area (Å²) in [5.41, 5.74) is 7.69. The molecular formula is C60H78Cl2N10O7Si. The third-order valence-electron chi connectivity index (χ3n) is 15.4. The van der Waals surface area contributed by atoms with Crippen molar-refractivity contribution in [2.24, 2.45) is 0 Å². The fourth-order valence-corrected chi connectivity index (χ4v) is 11.6. The highest BCUT2D eigenvalue weighted by molar-refractivity contribution is 6.76. The van der Waals surface area contributed by atoms with Gasteiger partial charge in [-0.05, 0) is 129 Å². The Bertz CT molecular complexity index is 2990. The SMILES string of the molecule is C[Si](C)(C)CCOCn1cc(COc2ccc3c(c2Cl)CCN(C[C@@H](O)CCC(=O)c2ccnc(NC4CCC4)c2)C3)cn1.O=C(CC[C@H](O)CN1CCc2c(ccc(OCc3cn[nH]c3)c2Cl)C1)c1ccnc(NC2CCC2)c1. The van der Waals surface area contributed by atoms with Crippen molar-refractivity contribution in [3.05, 3.63) is 140 Å². The zero-order valence-electron chi connectivity index (χ0n) is 46.5. The number of aromatic amines is 1. The van der Waals surface area contributed by atoms with Gasteiger partial charge in [0, 0.05) is 126 Å². The maximum absolute atomic E-state index is 12.8. The number of pyridine rings is 2. The molecule has 428 valence electrons. The van der Waals surface area contributed by atoms with Crippen molar-refractivity contribution in [2.45, 2.75) is 160 Å². The first-order valence-corrected chi connectivity index (χ1v) is 32.9. The summed E-state index contributed by atoms with van der Waals surface area (Å²) in [7, 11) is -1.11. The highest BCUT2D eigenvalue weighted by atomic mass is 35.5. The zero-order valence-corrected chi connectivity index (χ0v) is 49.0. The van der Waals surface area contributed by atoms with Crippen molar-refractivity contribution >= 4 is 54.5 Å². The smallest absolute Gasteiger partial charge is 0.163 e. The van der Waals surface area contributed by atoms with Crippen LogP contribution in [0.25, 0.3) is 0 Å². The Balaban J connectivity index is 0.000000197. The summed E-state index contributed by atoms with van der Waals surface area (Å²) in [6.45, 7) is 13.0. The molecule has 0 radical (unpaired) electrons. The number of hydrogen-bond acceptors (Lipinski definition) is 15. The average Bonchev–Trinajstić information content (AvgIpc) is 4.13. The minimum absolute atomic E-state index is 0.0320. The number of aliphatic hydroxyl groups excluding tert-OH is 2. The molecule has 0 unspecified atom stereocenters. The Hall–Kier alpha value is -5.70. The second kappa shape index (κ2) is 28.3. The summed E-state index contributed by atoms with van der Waals surface area (Å²) in [6.07, 6.45) is 19.6. The molecule has 2 aliphatic heterocycles. The highest BCUT2D eigenvalue weighted by Gasteiger charge is 2.26. The Kier molecular flexibility index (Phi) is 20.9. The number of anilines is 2. The topological polar surface area (TPSA) is 205 Å². The van der Waals surface area contributed by atoms with Crippen LogP contribution >= 0.6 is 23.2 Å². The van der Waals surface area contributed by atoms with E-state index in [0.29, 0.717) is 117 Å². The molecule has 6 heterocycles. The molecule has 5 N–H and O–H groups in total. The number of benzene rings is 2. The van der Waals surface area contributed by atoms with Crippen LogP contribution in [0.2, 0.25) is 35.7 Å². The highest BCUT2D eigenvalue weighted by Crippen LogP contribution is 2.36. The molecule has 2 fully saturated rings. The van der Waals surface area contributed by atoms with Crippen LogP contribution in [-0.4, -0.2) is 127 Å². The molecule has 2 aromatic carbocycles. The molecule has 0 spiro atoms. The number of nitrogens with one attached hydrogen (secondary N) is 3. The summed E-state index contributed by atoms with van der Waals surface area (Å²) >= 11 is 13.4. The fourth-order valence-electron chi connectivity index (χ4n) is 10.1. The predicted octanol–water partition coefficient (Wildman–Crippen LogP) is 10.6.